The third-order valence-electron chi connectivity index (χ3n) is 3.70. The van der Waals surface area contributed by atoms with E-state index in [1.807, 2.05) is 4.90 Å². The molecule has 1 aromatic carbocycles. The molecule has 1 atom stereocenters. The number of halogens is 1. The maximum atomic E-state index is 12.2. The molecule has 1 heterocycles. The molecule has 0 radical (unpaired) electrons. The second-order valence-electron chi connectivity index (χ2n) is 5.25. The van der Waals surface area contributed by atoms with Crippen LogP contribution in [0.1, 0.15) is 12.8 Å². The van der Waals surface area contributed by atoms with Crippen LogP contribution in [0, 0.1) is 5.92 Å². The molecule has 1 fully saturated rings. The Morgan fingerprint density at radius 3 is 2.62 bits per heavy atom. The van der Waals surface area contributed by atoms with Crippen LogP contribution < -0.4 is 0 Å². The highest BCUT2D eigenvalue weighted by Crippen LogP contribution is 2.19. The fraction of sp³-hybridized carbons (Fsp3) is 0.500. The van der Waals surface area contributed by atoms with Crippen LogP contribution in [0.15, 0.2) is 33.6 Å². The zero-order valence-corrected chi connectivity index (χ0v) is 13.9. The monoisotopic (exact) mass is 375 g/mol. The number of likely N-dealkylation sites (tertiary alicyclic amines) is 1. The SMILES string of the molecule is O=C(O)[C@@H]1CCCN(CCS(=O)(=O)c2ccc(Br)cc2)C1. The van der Waals surface area contributed by atoms with E-state index in [9.17, 15) is 13.2 Å². The van der Waals surface area contributed by atoms with Gasteiger partial charge in [0, 0.05) is 17.6 Å². The molecule has 0 amide bonds. The first-order valence-electron chi connectivity index (χ1n) is 6.82. The standard InChI is InChI=1S/C14H18BrNO4S/c15-12-3-5-13(6-4-12)21(19,20)9-8-16-7-1-2-11(10-16)14(17)18/h3-6,11H,1-2,7-10H2,(H,17,18)/t11-/m1/s1. The molecule has 1 saturated heterocycles. The van der Waals surface area contributed by atoms with Crippen molar-refractivity contribution >= 4 is 31.7 Å². The summed E-state index contributed by atoms with van der Waals surface area (Å²) in [6.07, 6.45) is 1.47. The van der Waals surface area contributed by atoms with Crippen LogP contribution in [0.5, 0.6) is 0 Å². The van der Waals surface area contributed by atoms with E-state index in [1.54, 1.807) is 24.3 Å². The minimum absolute atomic E-state index is 0.0149. The summed E-state index contributed by atoms with van der Waals surface area (Å²) in [7, 11) is -3.32. The van der Waals surface area contributed by atoms with Crippen molar-refractivity contribution in [2.24, 2.45) is 5.92 Å². The third kappa shape index (κ3) is 4.52. The Morgan fingerprint density at radius 2 is 2.00 bits per heavy atom. The van der Waals surface area contributed by atoms with Gasteiger partial charge in [-0.05, 0) is 43.7 Å². The minimum Gasteiger partial charge on any atom is -0.481 e. The van der Waals surface area contributed by atoms with Gasteiger partial charge in [0.05, 0.1) is 16.6 Å². The van der Waals surface area contributed by atoms with Gasteiger partial charge in [-0.3, -0.25) is 4.79 Å². The lowest BCUT2D eigenvalue weighted by Crippen LogP contribution is -2.40. The van der Waals surface area contributed by atoms with Crippen molar-refractivity contribution in [3.05, 3.63) is 28.7 Å². The molecule has 0 aliphatic carbocycles. The summed E-state index contributed by atoms with van der Waals surface area (Å²) in [6.45, 7) is 1.58. The molecule has 0 bridgehead atoms. The van der Waals surface area contributed by atoms with Gasteiger partial charge in [-0.2, -0.15) is 0 Å². The zero-order valence-electron chi connectivity index (χ0n) is 11.5. The summed E-state index contributed by atoms with van der Waals surface area (Å²) in [5.41, 5.74) is 0. The first-order valence-corrected chi connectivity index (χ1v) is 9.26. The van der Waals surface area contributed by atoms with E-state index in [0.29, 0.717) is 24.4 Å². The number of rotatable bonds is 5. The van der Waals surface area contributed by atoms with Crippen LogP contribution in [0.3, 0.4) is 0 Å². The number of sulfone groups is 1. The summed E-state index contributed by atoms with van der Waals surface area (Å²) < 4.78 is 25.3. The van der Waals surface area contributed by atoms with Gasteiger partial charge in [0.2, 0.25) is 0 Å². The lowest BCUT2D eigenvalue weighted by molar-refractivity contribution is -0.143. The summed E-state index contributed by atoms with van der Waals surface area (Å²) in [5, 5.41) is 9.04. The summed E-state index contributed by atoms with van der Waals surface area (Å²) in [6, 6.07) is 6.56. The largest absolute Gasteiger partial charge is 0.481 e. The van der Waals surface area contributed by atoms with Crippen LogP contribution in [0.25, 0.3) is 0 Å². The number of carboxylic acid groups (broad SMARTS) is 1. The molecule has 0 unspecified atom stereocenters. The summed E-state index contributed by atoms with van der Waals surface area (Å²) >= 11 is 3.28. The van der Waals surface area contributed by atoms with Crippen LogP contribution in [0.2, 0.25) is 0 Å². The highest BCUT2D eigenvalue weighted by molar-refractivity contribution is 9.10. The Morgan fingerprint density at radius 1 is 1.33 bits per heavy atom. The number of benzene rings is 1. The molecule has 7 heteroatoms. The van der Waals surface area contributed by atoms with E-state index in [0.717, 1.165) is 17.4 Å². The number of nitrogens with zero attached hydrogens (tertiary/aromatic N) is 1. The molecule has 116 valence electrons. The molecule has 0 spiro atoms. The number of carbonyl (C=O) groups is 1. The normalized spacial score (nSPS) is 20.3. The Bertz CT molecular complexity index is 600. The maximum absolute atomic E-state index is 12.2. The van der Waals surface area contributed by atoms with E-state index in [1.165, 1.54) is 0 Å². The van der Waals surface area contributed by atoms with E-state index in [4.69, 9.17) is 5.11 Å². The van der Waals surface area contributed by atoms with Crippen molar-refractivity contribution in [2.75, 3.05) is 25.4 Å². The molecular formula is C14H18BrNO4S. The van der Waals surface area contributed by atoms with Gasteiger partial charge in [0.1, 0.15) is 0 Å². The van der Waals surface area contributed by atoms with Gasteiger partial charge in [-0.25, -0.2) is 8.42 Å². The highest BCUT2D eigenvalue weighted by Gasteiger charge is 2.26. The lowest BCUT2D eigenvalue weighted by atomic mass is 9.98. The van der Waals surface area contributed by atoms with Crippen molar-refractivity contribution in [2.45, 2.75) is 17.7 Å². The summed E-state index contributed by atoms with van der Waals surface area (Å²) in [4.78, 5) is 13.2. The Kier molecular flexibility index (Phi) is 5.40. The van der Waals surface area contributed by atoms with Gasteiger partial charge in [-0.15, -0.1) is 0 Å². The Balaban J connectivity index is 1.95. The average Bonchev–Trinajstić information content (AvgIpc) is 2.46. The predicted molar refractivity (Wildman–Crippen MR) is 83.0 cm³/mol. The Labute approximate surface area is 133 Å². The molecular weight excluding hydrogens is 358 g/mol. The van der Waals surface area contributed by atoms with E-state index in [-0.39, 0.29) is 11.7 Å². The van der Waals surface area contributed by atoms with Gasteiger partial charge >= 0.3 is 5.97 Å². The minimum atomic E-state index is -3.32. The number of aliphatic carboxylic acids is 1. The molecule has 0 aromatic heterocycles. The lowest BCUT2D eigenvalue weighted by Gasteiger charge is -2.30. The van der Waals surface area contributed by atoms with E-state index < -0.39 is 15.8 Å². The van der Waals surface area contributed by atoms with Gasteiger partial charge < -0.3 is 10.0 Å². The molecule has 0 saturated carbocycles. The van der Waals surface area contributed by atoms with Crippen LogP contribution in [-0.2, 0) is 14.6 Å². The molecule has 21 heavy (non-hydrogen) atoms. The average molecular weight is 376 g/mol. The van der Waals surface area contributed by atoms with E-state index >= 15 is 0 Å². The molecule has 1 N–H and O–H groups in total. The number of piperidine rings is 1. The molecule has 2 rings (SSSR count). The van der Waals surface area contributed by atoms with Crippen molar-refractivity contribution in [3.8, 4) is 0 Å². The maximum Gasteiger partial charge on any atom is 0.307 e. The molecule has 1 aromatic rings. The highest BCUT2D eigenvalue weighted by atomic mass is 79.9. The number of carboxylic acids is 1. The van der Waals surface area contributed by atoms with Crippen molar-refractivity contribution in [1.29, 1.82) is 0 Å². The van der Waals surface area contributed by atoms with Gasteiger partial charge in [0.15, 0.2) is 9.84 Å². The predicted octanol–water partition coefficient (Wildman–Crippen LogP) is 2.02. The third-order valence-corrected chi connectivity index (χ3v) is 5.94. The van der Waals surface area contributed by atoms with Gasteiger partial charge in [0.25, 0.3) is 0 Å². The number of hydrogen-bond acceptors (Lipinski definition) is 4. The van der Waals surface area contributed by atoms with Gasteiger partial charge in [-0.1, -0.05) is 15.9 Å². The zero-order chi connectivity index (χ0) is 15.5. The van der Waals surface area contributed by atoms with Crippen LogP contribution in [0.4, 0.5) is 0 Å². The first-order chi connectivity index (χ1) is 9.88. The second-order valence-corrected chi connectivity index (χ2v) is 8.28. The Hall–Kier alpha value is -0.920. The summed E-state index contributed by atoms with van der Waals surface area (Å²) in [5.74, 6) is -1.16. The quantitative estimate of drug-likeness (QED) is 0.851. The van der Waals surface area contributed by atoms with Crippen molar-refractivity contribution in [1.82, 2.24) is 4.90 Å². The smallest absolute Gasteiger partial charge is 0.307 e. The van der Waals surface area contributed by atoms with Crippen molar-refractivity contribution < 1.29 is 18.3 Å². The fourth-order valence-corrected chi connectivity index (χ4v) is 4.02. The second kappa shape index (κ2) is 6.89. The van der Waals surface area contributed by atoms with Crippen LogP contribution >= 0.6 is 15.9 Å². The topological polar surface area (TPSA) is 74.7 Å². The molecule has 1 aliphatic rings. The van der Waals surface area contributed by atoms with E-state index in [2.05, 4.69) is 15.9 Å². The number of hydrogen-bond donors (Lipinski definition) is 1. The first kappa shape index (κ1) is 16.5. The fourth-order valence-electron chi connectivity index (χ4n) is 2.47. The van der Waals surface area contributed by atoms with Crippen LogP contribution in [-0.4, -0.2) is 49.8 Å². The molecule has 1 aliphatic heterocycles. The molecule has 5 nitrogen and oxygen atoms in total. The van der Waals surface area contributed by atoms with Crippen molar-refractivity contribution in [3.63, 3.8) is 0 Å².